The molecule has 4 rings (SSSR count). The molecule has 0 unspecified atom stereocenters. The molecule has 0 atom stereocenters. The second-order valence-electron chi connectivity index (χ2n) is 5.84. The van der Waals surface area contributed by atoms with Crippen molar-refractivity contribution < 1.29 is 4.79 Å². The van der Waals surface area contributed by atoms with Crippen LogP contribution in [0.15, 0.2) is 73.4 Å². The molecular formula is C19H15ClN6O. The van der Waals surface area contributed by atoms with Gasteiger partial charge in [-0.05, 0) is 23.8 Å². The van der Waals surface area contributed by atoms with Crippen LogP contribution in [-0.4, -0.2) is 30.5 Å². The van der Waals surface area contributed by atoms with Crippen LogP contribution in [0.2, 0.25) is 5.02 Å². The van der Waals surface area contributed by atoms with E-state index in [2.05, 4.69) is 20.5 Å². The summed E-state index contributed by atoms with van der Waals surface area (Å²) in [6, 6.07) is 12.9. The Kier molecular flexibility index (Phi) is 4.67. The number of nitrogens with zero attached hydrogens (tertiary/aromatic N) is 5. The van der Waals surface area contributed by atoms with Crippen molar-refractivity contribution in [3.05, 3.63) is 89.6 Å². The summed E-state index contributed by atoms with van der Waals surface area (Å²) in [5.74, 6) is 0.175. The Labute approximate surface area is 160 Å². The van der Waals surface area contributed by atoms with Crippen LogP contribution in [0.1, 0.15) is 15.9 Å². The third-order valence-electron chi connectivity index (χ3n) is 3.89. The van der Waals surface area contributed by atoms with Gasteiger partial charge in [-0.25, -0.2) is 4.68 Å². The molecule has 3 heterocycles. The summed E-state index contributed by atoms with van der Waals surface area (Å²) >= 11 is 6.17. The molecule has 1 aromatic carbocycles. The van der Waals surface area contributed by atoms with Crippen molar-refractivity contribution in [1.29, 1.82) is 0 Å². The number of amides is 1. The number of para-hydroxylation sites is 1. The summed E-state index contributed by atoms with van der Waals surface area (Å²) < 4.78 is 3.30. The molecule has 134 valence electrons. The lowest BCUT2D eigenvalue weighted by Gasteiger charge is -2.03. The zero-order valence-electron chi connectivity index (χ0n) is 14.2. The molecular weight excluding hydrogens is 364 g/mol. The first-order valence-electron chi connectivity index (χ1n) is 8.22. The van der Waals surface area contributed by atoms with Gasteiger partial charge in [0.05, 0.1) is 29.0 Å². The Morgan fingerprint density at radius 3 is 2.81 bits per heavy atom. The second kappa shape index (κ2) is 7.43. The lowest BCUT2D eigenvalue weighted by molar-refractivity contribution is 0.102. The average molecular weight is 379 g/mol. The average Bonchev–Trinajstić information content (AvgIpc) is 3.33. The zero-order chi connectivity index (χ0) is 18.6. The highest BCUT2D eigenvalue weighted by Gasteiger charge is 2.12. The minimum absolute atomic E-state index is 0.292. The summed E-state index contributed by atoms with van der Waals surface area (Å²) in [6.07, 6.45) is 8.42. The number of anilines is 1. The molecule has 0 aliphatic rings. The molecule has 0 fully saturated rings. The van der Waals surface area contributed by atoms with E-state index >= 15 is 0 Å². The first-order valence-corrected chi connectivity index (χ1v) is 8.60. The summed E-state index contributed by atoms with van der Waals surface area (Å²) in [6.45, 7) is 0.578. The van der Waals surface area contributed by atoms with Gasteiger partial charge in [-0.15, -0.1) is 0 Å². The highest BCUT2D eigenvalue weighted by atomic mass is 35.5. The number of carbonyl (C=O) groups excluding carboxylic acids is 1. The van der Waals surface area contributed by atoms with Crippen molar-refractivity contribution in [3.63, 3.8) is 0 Å². The molecule has 0 aliphatic carbocycles. The number of carbonyl (C=O) groups is 1. The highest BCUT2D eigenvalue weighted by molar-refractivity contribution is 6.32. The van der Waals surface area contributed by atoms with Gasteiger partial charge in [-0.1, -0.05) is 29.8 Å². The molecule has 0 saturated carbocycles. The number of aromatic nitrogens is 5. The van der Waals surface area contributed by atoms with Gasteiger partial charge in [-0.2, -0.15) is 10.2 Å². The largest absolute Gasteiger partial charge is 0.305 e. The Morgan fingerprint density at radius 2 is 2.00 bits per heavy atom. The topological polar surface area (TPSA) is 77.6 Å². The van der Waals surface area contributed by atoms with E-state index < -0.39 is 0 Å². The van der Waals surface area contributed by atoms with Crippen LogP contribution < -0.4 is 5.32 Å². The number of rotatable bonds is 5. The molecule has 7 nitrogen and oxygen atoms in total. The van der Waals surface area contributed by atoms with Crippen molar-refractivity contribution in [1.82, 2.24) is 24.5 Å². The van der Waals surface area contributed by atoms with Gasteiger partial charge in [0.25, 0.3) is 5.91 Å². The van der Waals surface area contributed by atoms with Gasteiger partial charge in [0.15, 0.2) is 5.82 Å². The smallest absolute Gasteiger partial charge is 0.260 e. The van der Waals surface area contributed by atoms with E-state index in [0.717, 1.165) is 5.56 Å². The monoisotopic (exact) mass is 378 g/mol. The van der Waals surface area contributed by atoms with E-state index in [1.54, 1.807) is 46.3 Å². The quantitative estimate of drug-likeness (QED) is 0.577. The maximum Gasteiger partial charge on any atom is 0.260 e. The number of pyridine rings is 1. The SMILES string of the molecule is O=C(Nc1ccn(Cc2cccnc2)n1)c1cnn(-c2ccccc2Cl)c1. The predicted molar refractivity (Wildman–Crippen MR) is 102 cm³/mol. The maximum absolute atomic E-state index is 12.5. The Hall–Kier alpha value is -3.45. The third kappa shape index (κ3) is 3.88. The number of nitrogens with one attached hydrogen (secondary N) is 1. The van der Waals surface area contributed by atoms with Crippen LogP contribution >= 0.6 is 11.6 Å². The first-order chi connectivity index (χ1) is 13.2. The Morgan fingerprint density at radius 1 is 1.11 bits per heavy atom. The molecule has 8 heteroatoms. The van der Waals surface area contributed by atoms with E-state index in [1.807, 2.05) is 30.3 Å². The van der Waals surface area contributed by atoms with E-state index in [9.17, 15) is 4.79 Å². The zero-order valence-corrected chi connectivity index (χ0v) is 14.9. The van der Waals surface area contributed by atoms with Crippen molar-refractivity contribution in [3.8, 4) is 5.69 Å². The predicted octanol–water partition coefficient (Wildman–Crippen LogP) is 3.42. The number of halogens is 1. The molecule has 1 amide bonds. The van der Waals surface area contributed by atoms with E-state index in [1.165, 1.54) is 6.20 Å². The molecule has 0 aliphatic heterocycles. The molecule has 27 heavy (non-hydrogen) atoms. The second-order valence-corrected chi connectivity index (χ2v) is 6.25. The fourth-order valence-corrected chi connectivity index (χ4v) is 2.82. The van der Waals surface area contributed by atoms with E-state index in [0.29, 0.717) is 28.6 Å². The number of hydrogen-bond donors (Lipinski definition) is 1. The van der Waals surface area contributed by atoms with Crippen molar-refractivity contribution in [2.24, 2.45) is 0 Å². The van der Waals surface area contributed by atoms with Crippen LogP contribution in [0.5, 0.6) is 0 Å². The summed E-state index contributed by atoms with van der Waals surface area (Å²) in [5.41, 5.74) is 2.15. The third-order valence-corrected chi connectivity index (χ3v) is 4.21. The van der Waals surface area contributed by atoms with Crippen LogP contribution in [0.3, 0.4) is 0 Å². The highest BCUT2D eigenvalue weighted by Crippen LogP contribution is 2.19. The molecule has 0 spiro atoms. The van der Waals surface area contributed by atoms with Gasteiger partial charge < -0.3 is 5.32 Å². The molecule has 4 aromatic rings. The molecule has 0 saturated heterocycles. The van der Waals surface area contributed by atoms with Gasteiger partial charge in [0, 0.05) is 30.9 Å². The standard InChI is InChI=1S/C19H15ClN6O/c20-16-5-1-2-6-17(16)26-13-15(11-22-26)19(27)23-18-7-9-25(24-18)12-14-4-3-8-21-10-14/h1-11,13H,12H2,(H,23,24,27). The lowest BCUT2D eigenvalue weighted by atomic mass is 10.3. The molecule has 0 radical (unpaired) electrons. The maximum atomic E-state index is 12.5. The number of benzene rings is 1. The van der Waals surface area contributed by atoms with Gasteiger partial charge >= 0.3 is 0 Å². The van der Waals surface area contributed by atoms with Gasteiger partial charge in [0.2, 0.25) is 0 Å². The fourth-order valence-electron chi connectivity index (χ4n) is 2.59. The Bertz CT molecular complexity index is 1070. The van der Waals surface area contributed by atoms with Crippen LogP contribution in [0.4, 0.5) is 5.82 Å². The van der Waals surface area contributed by atoms with Crippen molar-refractivity contribution in [2.45, 2.75) is 6.54 Å². The van der Waals surface area contributed by atoms with Crippen LogP contribution in [0, 0.1) is 0 Å². The van der Waals surface area contributed by atoms with E-state index in [4.69, 9.17) is 11.6 Å². The fraction of sp³-hybridized carbons (Fsp3) is 0.0526. The Balaban J connectivity index is 1.45. The van der Waals surface area contributed by atoms with Crippen LogP contribution in [-0.2, 0) is 6.54 Å². The minimum Gasteiger partial charge on any atom is -0.305 e. The van der Waals surface area contributed by atoms with Gasteiger partial charge in [0.1, 0.15) is 0 Å². The minimum atomic E-state index is -0.292. The molecule has 1 N–H and O–H groups in total. The van der Waals surface area contributed by atoms with E-state index in [-0.39, 0.29) is 5.91 Å². The summed E-state index contributed by atoms with van der Waals surface area (Å²) in [4.78, 5) is 16.5. The van der Waals surface area contributed by atoms with Crippen molar-refractivity contribution in [2.75, 3.05) is 5.32 Å². The first kappa shape index (κ1) is 17.0. The lowest BCUT2D eigenvalue weighted by Crippen LogP contribution is -2.12. The normalized spacial score (nSPS) is 10.7. The molecule has 3 aromatic heterocycles. The summed E-state index contributed by atoms with van der Waals surface area (Å²) in [5, 5.41) is 11.9. The molecule has 0 bridgehead atoms. The van der Waals surface area contributed by atoms with Crippen molar-refractivity contribution >= 4 is 23.3 Å². The van der Waals surface area contributed by atoms with Gasteiger partial charge in [-0.3, -0.25) is 14.5 Å². The number of hydrogen-bond acceptors (Lipinski definition) is 4. The summed E-state index contributed by atoms with van der Waals surface area (Å²) in [7, 11) is 0. The van der Waals surface area contributed by atoms with Crippen LogP contribution in [0.25, 0.3) is 5.69 Å².